The molecule has 0 aliphatic carbocycles. The summed E-state index contributed by atoms with van der Waals surface area (Å²) in [6, 6.07) is 0.267. The molecule has 1 atom stereocenters. The van der Waals surface area contributed by atoms with E-state index >= 15 is 0 Å². The van der Waals surface area contributed by atoms with Gasteiger partial charge in [0.2, 0.25) is 0 Å². The molecule has 0 bridgehead atoms. The molecule has 2 N–H and O–H groups in total. The maximum atomic E-state index is 5.97. The summed E-state index contributed by atoms with van der Waals surface area (Å²) in [6.45, 7) is 1.06. The van der Waals surface area contributed by atoms with Crippen molar-refractivity contribution in [3.63, 3.8) is 0 Å². The van der Waals surface area contributed by atoms with E-state index in [0.29, 0.717) is 0 Å². The summed E-state index contributed by atoms with van der Waals surface area (Å²) < 4.78 is 0. The van der Waals surface area contributed by atoms with E-state index in [0.717, 1.165) is 19.4 Å². The van der Waals surface area contributed by atoms with Crippen molar-refractivity contribution in [2.45, 2.75) is 18.9 Å². The van der Waals surface area contributed by atoms with Gasteiger partial charge in [0, 0.05) is 17.1 Å². The van der Waals surface area contributed by atoms with Crippen LogP contribution in [0.2, 0.25) is 0 Å². The zero-order chi connectivity index (χ0) is 9.68. The highest BCUT2D eigenvalue weighted by Gasteiger charge is 2.05. The van der Waals surface area contributed by atoms with Crippen LogP contribution >= 0.6 is 11.3 Å². The molecule has 1 aromatic heterocycles. The lowest BCUT2D eigenvalue weighted by molar-refractivity contribution is 0.380. The molecule has 74 valence electrons. The molecule has 0 fully saturated rings. The molecule has 3 nitrogen and oxygen atoms in total. The fourth-order valence-electron chi connectivity index (χ4n) is 1.13. The van der Waals surface area contributed by atoms with Crippen molar-refractivity contribution in [1.29, 1.82) is 0 Å². The third kappa shape index (κ3) is 4.36. The fraction of sp³-hybridized carbons (Fsp3) is 0.667. The van der Waals surface area contributed by atoms with E-state index in [1.807, 2.05) is 11.7 Å². The van der Waals surface area contributed by atoms with Gasteiger partial charge in [-0.2, -0.15) is 0 Å². The summed E-state index contributed by atoms with van der Waals surface area (Å²) >= 11 is 1.68. The van der Waals surface area contributed by atoms with Crippen LogP contribution in [0.15, 0.2) is 11.7 Å². The molecule has 1 rings (SSSR count). The molecule has 0 radical (unpaired) electrons. The van der Waals surface area contributed by atoms with Crippen LogP contribution in [-0.2, 0) is 6.42 Å². The first-order chi connectivity index (χ1) is 6.18. The van der Waals surface area contributed by atoms with Crippen molar-refractivity contribution in [2.75, 3.05) is 20.6 Å². The van der Waals surface area contributed by atoms with Crippen molar-refractivity contribution in [2.24, 2.45) is 5.73 Å². The van der Waals surface area contributed by atoms with E-state index in [1.165, 1.54) is 4.88 Å². The summed E-state index contributed by atoms with van der Waals surface area (Å²) in [7, 11) is 4.14. The number of hydrogen-bond acceptors (Lipinski definition) is 4. The van der Waals surface area contributed by atoms with Crippen LogP contribution in [0.4, 0.5) is 0 Å². The normalized spacial score (nSPS) is 13.5. The summed E-state index contributed by atoms with van der Waals surface area (Å²) in [5.74, 6) is 0. The predicted molar refractivity (Wildman–Crippen MR) is 57.0 cm³/mol. The number of rotatable bonds is 5. The van der Waals surface area contributed by atoms with E-state index in [4.69, 9.17) is 5.73 Å². The second-order valence-corrected chi connectivity index (χ2v) is 4.49. The van der Waals surface area contributed by atoms with Crippen molar-refractivity contribution in [3.8, 4) is 0 Å². The van der Waals surface area contributed by atoms with Crippen LogP contribution < -0.4 is 5.73 Å². The Morgan fingerprint density at radius 3 is 2.92 bits per heavy atom. The SMILES string of the molecule is CN(C)CCC(N)Cc1cncs1. The minimum Gasteiger partial charge on any atom is -0.327 e. The van der Waals surface area contributed by atoms with Gasteiger partial charge in [-0.25, -0.2) is 0 Å². The molecule has 0 spiro atoms. The fourth-order valence-corrected chi connectivity index (χ4v) is 1.82. The van der Waals surface area contributed by atoms with Gasteiger partial charge < -0.3 is 10.6 Å². The molecule has 0 aliphatic rings. The lowest BCUT2D eigenvalue weighted by atomic mass is 10.1. The summed E-state index contributed by atoms with van der Waals surface area (Å²) in [5, 5.41) is 0. The minimum absolute atomic E-state index is 0.267. The van der Waals surface area contributed by atoms with Crippen LogP contribution in [0.5, 0.6) is 0 Å². The molecule has 0 aromatic carbocycles. The van der Waals surface area contributed by atoms with Crippen LogP contribution in [0, 0.1) is 0 Å². The molecule has 0 saturated carbocycles. The summed E-state index contributed by atoms with van der Waals surface area (Å²) in [6.07, 6.45) is 3.91. The number of hydrogen-bond donors (Lipinski definition) is 1. The molecule has 4 heteroatoms. The molecular weight excluding hydrogens is 182 g/mol. The third-order valence-electron chi connectivity index (χ3n) is 1.89. The Hall–Kier alpha value is -0.450. The quantitative estimate of drug-likeness (QED) is 0.768. The Balaban J connectivity index is 2.22. The Morgan fingerprint density at radius 1 is 1.62 bits per heavy atom. The average Bonchev–Trinajstić information content (AvgIpc) is 2.53. The highest BCUT2D eigenvalue weighted by Crippen LogP contribution is 2.09. The van der Waals surface area contributed by atoms with E-state index in [2.05, 4.69) is 24.0 Å². The van der Waals surface area contributed by atoms with Gasteiger partial charge in [0.1, 0.15) is 0 Å². The van der Waals surface area contributed by atoms with Crippen LogP contribution in [0.1, 0.15) is 11.3 Å². The highest BCUT2D eigenvalue weighted by atomic mass is 32.1. The Labute approximate surface area is 83.6 Å². The van der Waals surface area contributed by atoms with Crippen molar-refractivity contribution < 1.29 is 0 Å². The smallest absolute Gasteiger partial charge is 0.0794 e. The Morgan fingerprint density at radius 2 is 2.38 bits per heavy atom. The second kappa shape index (κ2) is 5.32. The van der Waals surface area contributed by atoms with E-state index in [1.54, 1.807) is 11.3 Å². The maximum absolute atomic E-state index is 5.97. The van der Waals surface area contributed by atoms with Gasteiger partial charge in [-0.3, -0.25) is 4.98 Å². The van der Waals surface area contributed by atoms with Gasteiger partial charge in [0.15, 0.2) is 0 Å². The van der Waals surface area contributed by atoms with Gasteiger partial charge in [0.05, 0.1) is 5.51 Å². The second-order valence-electron chi connectivity index (χ2n) is 3.52. The number of nitrogens with zero attached hydrogens (tertiary/aromatic N) is 2. The van der Waals surface area contributed by atoms with Gasteiger partial charge in [-0.05, 0) is 33.5 Å². The van der Waals surface area contributed by atoms with Crippen molar-refractivity contribution >= 4 is 11.3 Å². The van der Waals surface area contributed by atoms with Crippen LogP contribution in [0.3, 0.4) is 0 Å². The van der Waals surface area contributed by atoms with Gasteiger partial charge in [0.25, 0.3) is 0 Å². The van der Waals surface area contributed by atoms with Crippen LogP contribution in [-0.4, -0.2) is 36.6 Å². The number of aromatic nitrogens is 1. The van der Waals surface area contributed by atoms with E-state index < -0.39 is 0 Å². The molecule has 1 unspecified atom stereocenters. The summed E-state index contributed by atoms with van der Waals surface area (Å²) in [5.41, 5.74) is 7.82. The average molecular weight is 199 g/mol. The molecule has 0 aliphatic heterocycles. The van der Waals surface area contributed by atoms with Gasteiger partial charge in [-0.15, -0.1) is 11.3 Å². The Bertz CT molecular complexity index is 221. The number of nitrogens with two attached hydrogens (primary N) is 1. The summed E-state index contributed by atoms with van der Waals surface area (Å²) in [4.78, 5) is 7.47. The van der Waals surface area contributed by atoms with E-state index in [-0.39, 0.29) is 6.04 Å². The van der Waals surface area contributed by atoms with Gasteiger partial charge >= 0.3 is 0 Å². The topological polar surface area (TPSA) is 42.1 Å². The molecule has 1 heterocycles. The molecule has 1 aromatic rings. The molecule has 13 heavy (non-hydrogen) atoms. The number of thiazole rings is 1. The first kappa shape index (κ1) is 10.6. The monoisotopic (exact) mass is 199 g/mol. The lowest BCUT2D eigenvalue weighted by Crippen LogP contribution is -2.27. The van der Waals surface area contributed by atoms with Crippen molar-refractivity contribution in [3.05, 3.63) is 16.6 Å². The molecule has 0 saturated heterocycles. The minimum atomic E-state index is 0.267. The molecular formula is C9H17N3S. The lowest BCUT2D eigenvalue weighted by Gasteiger charge is -2.13. The third-order valence-corrected chi connectivity index (χ3v) is 2.70. The Kier molecular flexibility index (Phi) is 4.35. The zero-order valence-corrected chi connectivity index (χ0v) is 9.05. The highest BCUT2D eigenvalue weighted by molar-refractivity contribution is 7.09. The maximum Gasteiger partial charge on any atom is 0.0794 e. The largest absolute Gasteiger partial charge is 0.327 e. The predicted octanol–water partition coefficient (Wildman–Crippen LogP) is 0.965. The van der Waals surface area contributed by atoms with Crippen LogP contribution in [0.25, 0.3) is 0 Å². The zero-order valence-electron chi connectivity index (χ0n) is 8.23. The van der Waals surface area contributed by atoms with E-state index in [9.17, 15) is 0 Å². The van der Waals surface area contributed by atoms with Gasteiger partial charge in [-0.1, -0.05) is 0 Å². The molecule has 0 amide bonds. The van der Waals surface area contributed by atoms with Crippen molar-refractivity contribution in [1.82, 2.24) is 9.88 Å². The first-order valence-electron chi connectivity index (χ1n) is 4.46. The first-order valence-corrected chi connectivity index (χ1v) is 5.34. The standard InChI is InChI=1S/C9H17N3S/c1-12(2)4-3-8(10)5-9-6-11-7-13-9/h6-8H,3-5,10H2,1-2H3.